The van der Waals surface area contributed by atoms with Crippen molar-refractivity contribution in [3.63, 3.8) is 0 Å². The molecule has 1 aliphatic heterocycles. The molecule has 0 spiro atoms. The first kappa shape index (κ1) is 13.9. The third kappa shape index (κ3) is 4.03. The van der Waals surface area contributed by atoms with Gasteiger partial charge in [-0.25, -0.2) is 13.1 Å². The Bertz CT molecular complexity index is 314. The molecule has 0 amide bonds. The lowest BCUT2D eigenvalue weighted by Crippen LogP contribution is -2.41. The molecule has 0 aromatic rings. The molecule has 1 aliphatic rings. The van der Waals surface area contributed by atoms with Crippen LogP contribution in [0, 0.1) is 11.8 Å². The van der Waals surface area contributed by atoms with Gasteiger partial charge >= 0.3 is 0 Å². The molecular weight excluding hydrogens is 224 g/mol. The number of hydrogen-bond acceptors (Lipinski definition) is 3. The maximum Gasteiger partial charge on any atom is 0.212 e. The summed E-state index contributed by atoms with van der Waals surface area (Å²) in [6.07, 6.45) is 0. The molecule has 0 aromatic heterocycles. The van der Waals surface area contributed by atoms with E-state index in [0.717, 1.165) is 19.6 Å². The Labute approximate surface area is 99.5 Å². The molecule has 1 saturated heterocycles. The normalized spacial score (nSPS) is 27.8. The molecule has 0 unspecified atom stereocenters. The van der Waals surface area contributed by atoms with Crippen LogP contribution in [0.2, 0.25) is 0 Å². The van der Waals surface area contributed by atoms with Gasteiger partial charge in [-0.3, -0.25) is 0 Å². The Morgan fingerprint density at radius 1 is 1.38 bits per heavy atom. The van der Waals surface area contributed by atoms with Gasteiger partial charge in [-0.15, -0.1) is 0 Å². The summed E-state index contributed by atoms with van der Waals surface area (Å²) in [6, 6.07) is 0.0868. The number of likely N-dealkylation sites (tertiary alicyclic amines) is 1. The summed E-state index contributed by atoms with van der Waals surface area (Å²) in [5.41, 5.74) is 0. The Morgan fingerprint density at radius 2 is 2.00 bits per heavy atom. The lowest BCUT2D eigenvalue weighted by atomic mass is 10.1. The molecule has 0 bridgehead atoms. The van der Waals surface area contributed by atoms with Gasteiger partial charge < -0.3 is 4.90 Å². The number of nitrogens with one attached hydrogen (secondary N) is 1. The van der Waals surface area contributed by atoms with Gasteiger partial charge in [0.1, 0.15) is 0 Å². The molecule has 0 aliphatic carbocycles. The van der Waals surface area contributed by atoms with Crippen LogP contribution in [0.1, 0.15) is 27.7 Å². The Hall–Kier alpha value is -0.130. The van der Waals surface area contributed by atoms with Crippen LogP contribution in [-0.2, 0) is 10.0 Å². The van der Waals surface area contributed by atoms with E-state index in [-0.39, 0.29) is 17.7 Å². The maximum atomic E-state index is 11.8. The molecule has 5 heteroatoms. The van der Waals surface area contributed by atoms with Gasteiger partial charge in [0.25, 0.3) is 0 Å². The minimum Gasteiger partial charge on any atom is -0.302 e. The molecule has 1 fully saturated rings. The minimum atomic E-state index is -3.11. The monoisotopic (exact) mass is 248 g/mol. The Balaban J connectivity index is 2.54. The van der Waals surface area contributed by atoms with Gasteiger partial charge in [0.15, 0.2) is 0 Å². The predicted molar refractivity (Wildman–Crippen MR) is 66.8 cm³/mol. The predicted octanol–water partition coefficient (Wildman–Crippen LogP) is 0.902. The fourth-order valence-electron chi connectivity index (χ4n) is 2.20. The number of hydrogen-bond donors (Lipinski definition) is 1. The second kappa shape index (κ2) is 5.47. The van der Waals surface area contributed by atoms with Crippen LogP contribution in [0.25, 0.3) is 0 Å². The van der Waals surface area contributed by atoms with Crippen molar-refractivity contribution in [3.8, 4) is 0 Å². The Morgan fingerprint density at radius 3 is 2.44 bits per heavy atom. The fraction of sp³-hybridized carbons (Fsp3) is 1.00. The van der Waals surface area contributed by atoms with E-state index in [0.29, 0.717) is 5.92 Å². The van der Waals surface area contributed by atoms with Crippen LogP contribution < -0.4 is 4.72 Å². The highest BCUT2D eigenvalue weighted by Crippen LogP contribution is 2.17. The second-order valence-electron chi connectivity index (χ2n) is 5.23. The summed E-state index contributed by atoms with van der Waals surface area (Å²) in [5.74, 6) is 0.806. The molecule has 96 valence electrons. The van der Waals surface area contributed by atoms with Crippen LogP contribution in [0.15, 0.2) is 0 Å². The van der Waals surface area contributed by atoms with Crippen LogP contribution in [0.5, 0.6) is 0 Å². The van der Waals surface area contributed by atoms with E-state index < -0.39 is 10.0 Å². The fourth-order valence-corrected chi connectivity index (χ4v) is 3.94. The summed E-state index contributed by atoms with van der Waals surface area (Å²) in [4.78, 5) is 2.28. The zero-order chi connectivity index (χ0) is 12.3. The second-order valence-corrected chi connectivity index (χ2v) is 7.03. The highest BCUT2D eigenvalue weighted by Gasteiger charge is 2.31. The van der Waals surface area contributed by atoms with Crippen molar-refractivity contribution in [3.05, 3.63) is 0 Å². The first-order chi connectivity index (χ1) is 7.34. The lowest BCUT2D eigenvalue weighted by Gasteiger charge is -2.17. The number of sulfonamides is 1. The van der Waals surface area contributed by atoms with Crippen molar-refractivity contribution in [1.29, 1.82) is 0 Å². The zero-order valence-electron chi connectivity index (χ0n) is 10.7. The molecule has 2 atom stereocenters. The van der Waals surface area contributed by atoms with Gasteiger partial charge in [0.2, 0.25) is 10.0 Å². The molecule has 16 heavy (non-hydrogen) atoms. The zero-order valence-corrected chi connectivity index (χ0v) is 11.5. The van der Waals surface area contributed by atoms with Gasteiger partial charge in [-0.1, -0.05) is 27.7 Å². The first-order valence-corrected chi connectivity index (χ1v) is 7.71. The molecule has 0 aromatic carbocycles. The number of rotatable bonds is 5. The number of nitrogens with zero attached hydrogens (tertiary/aromatic N) is 1. The van der Waals surface area contributed by atoms with Gasteiger partial charge in [0.05, 0.1) is 5.75 Å². The lowest BCUT2D eigenvalue weighted by molar-refractivity contribution is 0.344. The van der Waals surface area contributed by atoms with E-state index >= 15 is 0 Å². The summed E-state index contributed by atoms with van der Waals surface area (Å²) in [7, 11) is -3.11. The molecule has 1 heterocycles. The van der Waals surface area contributed by atoms with Crippen molar-refractivity contribution < 1.29 is 8.42 Å². The van der Waals surface area contributed by atoms with E-state index in [2.05, 4.69) is 23.5 Å². The highest BCUT2D eigenvalue weighted by atomic mass is 32.2. The van der Waals surface area contributed by atoms with Crippen molar-refractivity contribution in [2.24, 2.45) is 11.8 Å². The molecular formula is C11H24N2O2S. The van der Waals surface area contributed by atoms with Crippen LogP contribution in [-0.4, -0.2) is 44.7 Å². The molecule has 0 radical (unpaired) electrons. The topological polar surface area (TPSA) is 49.4 Å². The summed E-state index contributed by atoms with van der Waals surface area (Å²) in [5, 5.41) is 0. The molecule has 0 saturated carbocycles. The third-order valence-electron chi connectivity index (χ3n) is 3.02. The van der Waals surface area contributed by atoms with E-state index in [9.17, 15) is 8.42 Å². The van der Waals surface area contributed by atoms with Crippen molar-refractivity contribution in [2.75, 3.05) is 25.4 Å². The van der Waals surface area contributed by atoms with Crippen LogP contribution in [0.3, 0.4) is 0 Å². The molecule has 1 rings (SSSR count). The van der Waals surface area contributed by atoms with Gasteiger partial charge in [-0.2, -0.15) is 0 Å². The van der Waals surface area contributed by atoms with Crippen molar-refractivity contribution in [2.45, 2.75) is 33.7 Å². The van der Waals surface area contributed by atoms with E-state index in [4.69, 9.17) is 0 Å². The quantitative estimate of drug-likeness (QED) is 0.786. The highest BCUT2D eigenvalue weighted by molar-refractivity contribution is 7.89. The molecule has 1 N–H and O–H groups in total. The molecule has 4 nitrogen and oxygen atoms in total. The first-order valence-electron chi connectivity index (χ1n) is 6.06. The summed E-state index contributed by atoms with van der Waals surface area (Å²) in [6.45, 7) is 10.9. The average Bonchev–Trinajstić information content (AvgIpc) is 2.44. The van der Waals surface area contributed by atoms with Gasteiger partial charge in [0, 0.05) is 19.1 Å². The average molecular weight is 248 g/mol. The van der Waals surface area contributed by atoms with Gasteiger partial charge in [-0.05, 0) is 18.4 Å². The Kier molecular flexibility index (Phi) is 4.76. The minimum absolute atomic E-state index is 0.0868. The van der Waals surface area contributed by atoms with E-state index in [1.165, 1.54) is 0 Å². The standard InChI is InChI=1S/C11H24N2O2S/c1-5-13-6-10(4)11(7-13)12-16(14,15)8-9(2)3/h9-12H,5-8H2,1-4H3/t10-,11+/m0/s1. The summed E-state index contributed by atoms with van der Waals surface area (Å²) >= 11 is 0. The number of likely N-dealkylation sites (N-methyl/N-ethyl adjacent to an activating group) is 1. The van der Waals surface area contributed by atoms with Crippen LogP contribution in [0.4, 0.5) is 0 Å². The van der Waals surface area contributed by atoms with E-state index in [1.807, 2.05) is 13.8 Å². The van der Waals surface area contributed by atoms with Crippen LogP contribution >= 0.6 is 0 Å². The summed E-state index contributed by atoms with van der Waals surface area (Å²) < 4.78 is 26.4. The van der Waals surface area contributed by atoms with E-state index in [1.54, 1.807) is 0 Å². The largest absolute Gasteiger partial charge is 0.302 e. The van der Waals surface area contributed by atoms with Crippen molar-refractivity contribution >= 4 is 10.0 Å². The third-order valence-corrected chi connectivity index (χ3v) is 4.79. The maximum absolute atomic E-state index is 11.8. The van der Waals surface area contributed by atoms with Crippen molar-refractivity contribution in [1.82, 2.24) is 9.62 Å². The SMILES string of the molecule is CCN1C[C@H](C)[C@H](NS(=O)(=O)CC(C)C)C1. The smallest absolute Gasteiger partial charge is 0.212 e.